The lowest BCUT2D eigenvalue weighted by molar-refractivity contribution is 0.0996. The number of fused-ring (bicyclic) bond motifs is 1. The van der Waals surface area contributed by atoms with Gasteiger partial charge in [-0.2, -0.15) is 0 Å². The number of carbonyl (C=O) groups excluding carboxylic acids is 2. The van der Waals surface area contributed by atoms with Gasteiger partial charge in [0, 0.05) is 22.9 Å². The number of aryl methyl sites for hydroxylation is 1. The second kappa shape index (κ2) is 6.71. The van der Waals surface area contributed by atoms with Crippen molar-refractivity contribution in [1.82, 2.24) is 0 Å². The second-order valence-electron chi connectivity index (χ2n) is 5.77. The average Bonchev–Trinajstić information content (AvgIpc) is 2.97. The molecule has 24 heavy (non-hydrogen) atoms. The number of hydrogen-bond acceptors (Lipinski definition) is 3. The molecule has 0 radical (unpaired) electrons. The largest absolute Gasteiger partial charge is 0.460 e. The van der Waals surface area contributed by atoms with Gasteiger partial charge < -0.3 is 10.2 Å². The minimum Gasteiger partial charge on any atom is -0.460 e. The minimum absolute atomic E-state index is 0.0953. The molecule has 1 aromatic heterocycles. The first-order valence-corrected chi connectivity index (χ1v) is 8.06. The quantitative estimate of drug-likeness (QED) is 0.694. The van der Waals surface area contributed by atoms with Crippen molar-refractivity contribution in [3.8, 4) is 0 Å². The van der Waals surface area contributed by atoms with Crippen molar-refractivity contribution in [3.63, 3.8) is 0 Å². The van der Waals surface area contributed by atoms with E-state index in [0.717, 1.165) is 36.0 Å². The van der Waals surface area contributed by atoms with Gasteiger partial charge in [0.1, 0.15) is 11.3 Å². The standard InChI is InChI=1S/C20H19NO3/c1-2-3-7-17-18(15-6-4-5-8-16(15)24-17)19(22)13-9-11-14(12-10-13)20(21)23/h4-6,8-12H,2-3,7H2,1H3,(H2,21,23). The molecule has 4 nitrogen and oxygen atoms in total. The molecular weight excluding hydrogens is 302 g/mol. The summed E-state index contributed by atoms with van der Waals surface area (Å²) in [6, 6.07) is 14.0. The van der Waals surface area contributed by atoms with E-state index in [1.54, 1.807) is 24.3 Å². The van der Waals surface area contributed by atoms with Gasteiger partial charge >= 0.3 is 0 Å². The number of primary amides is 1. The Kier molecular flexibility index (Phi) is 4.47. The molecule has 0 saturated heterocycles. The smallest absolute Gasteiger partial charge is 0.248 e. The first-order valence-electron chi connectivity index (χ1n) is 8.06. The highest BCUT2D eigenvalue weighted by molar-refractivity contribution is 6.17. The normalized spacial score (nSPS) is 10.9. The molecule has 122 valence electrons. The van der Waals surface area contributed by atoms with Crippen molar-refractivity contribution < 1.29 is 14.0 Å². The van der Waals surface area contributed by atoms with Crippen LogP contribution in [0.2, 0.25) is 0 Å². The van der Waals surface area contributed by atoms with Crippen LogP contribution < -0.4 is 5.73 Å². The van der Waals surface area contributed by atoms with E-state index in [1.807, 2.05) is 24.3 Å². The molecular formula is C20H19NO3. The van der Waals surface area contributed by atoms with Gasteiger partial charge in [-0.3, -0.25) is 9.59 Å². The van der Waals surface area contributed by atoms with Crippen LogP contribution in [-0.2, 0) is 6.42 Å². The van der Waals surface area contributed by atoms with E-state index < -0.39 is 5.91 Å². The SMILES string of the molecule is CCCCc1oc2ccccc2c1C(=O)c1ccc(C(N)=O)cc1. The van der Waals surface area contributed by atoms with E-state index in [0.29, 0.717) is 16.7 Å². The summed E-state index contributed by atoms with van der Waals surface area (Å²) in [6.07, 6.45) is 2.71. The zero-order chi connectivity index (χ0) is 17.1. The number of hydrogen-bond donors (Lipinski definition) is 1. The topological polar surface area (TPSA) is 73.3 Å². The molecule has 0 atom stereocenters. The fourth-order valence-electron chi connectivity index (χ4n) is 2.79. The highest BCUT2D eigenvalue weighted by Gasteiger charge is 2.21. The minimum atomic E-state index is -0.508. The van der Waals surface area contributed by atoms with Gasteiger partial charge in [-0.15, -0.1) is 0 Å². The number of rotatable bonds is 6. The van der Waals surface area contributed by atoms with Crippen LogP contribution in [0.1, 0.15) is 51.8 Å². The van der Waals surface area contributed by atoms with E-state index in [9.17, 15) is 9.59 Å². The van der Waals surface area contributed by atoms with Gasteiger partial charge in [-0.25, -0.2) is 0 Å². The number of unbranched alkanes of at least 4 members (excludes halogenated alkanes) is 1. The van der Waals surface area contributed by atoms with Crippen LogP contribution in [0.4, 0.5) is 0 Å². The maximum atomic E-state index is 13.0. The molecule has 0 aliphatic heterocycles. The molecule has 0 unspecified atom stereocenters. The molecule has 0 spiro atoms. The first kappa shape index (κ1) is 16.0. The van der Waals surface area contributed by atoms with E-state index in [2.05, 4.69) is 6.92 Å². The van der Waals surface area contributed by atoms with Gasteiger partial charge in [0.2, 0.25) is 5.91 Å². The van der Waals surface area contributed by atoms with E-state index in [1.165, 1.54) is 0 Å². The van der Waals surface area contributed by atoms with Crippen LogP contribution >= 0.6 is 0 Å². The molecule has 1 amide bonds. The number of furan rings is 1. The summed E-state index contributed by atoms with van der Waals surface area (Å²) in [5.74, 6) is 0.121. The molecule has 4 heteroatoms. The fourth-order valence-corrected chi connectivity index (χ4v) is 2.79. The number of para-hydroxylation sites is 1. The summed E-state index contributed by atoms with van der Waals surface area (Å²) in [5.41, 5.74) is 7.49. The van der Waals surface area contributed by atoms with Gasteiger partial charge in [-0.1, -0.05) is 43.7 Å². The van der Waals surface area contributed by atoms with Crippen molar-refractivity contribution in [1.29, 1.82) is 0 Å². The van der Waals surface area contributed by atoms with Gasteiger partial charge in [0.15, 0.2) is 5.78 Å². The Labute approximate surface area is 140 Å². The highest BCUT2D eigenvalue weighted by Crippen LogP contribution is 2.29. The maximum absolute atomic E-state index is 13.0. The van der Waals surface area contributed by atoms with Crippen molar-refractivity contribution in [2.75, 3.05) is 0 Å². The number of carbonyl (C=O) groups is 2. The predicted octanol–water partition coefficient (Wildman–Crippen LogP) is 4.11. The Morgan fingerprint density at radius 1 is 1.00 bits per heavy atom. The van der Waals surface area contributed by atoms with Crippen molar-refractivity contribution in [2.24, 2.45) is 5.73 Å². The lowest BCUT2D eigenvalue weighted by Gasteiger charge is -2.04. The number of nitrogens with two attached hydrogens (primary N) is 1. The zero-order valence-corrected chi connectivity index (χ0v) is 13.5. The second-order valence-corrected chi connectivity index (χ2v) is 5.77. The maximum Gasteiger partial charge on any atom is 0.248 e. The van der Waals surface area contributed by atoms with Gasteiger partial charge in [0.25, 0.3) is 0 Å². The molecule has 0 saturated carbocycles. The monoisotopic (exact) mass is 321 g/mol. The van der Waals surface area contributed by atoms with Crippen LogP contribution in [0.5, 0.6) is 0 Å². The first-order chi connectivity index (χ1) is 11.6. The molecule has 3 aromatic rings. The van der Waals surface area contributed by atoms with E-state index in [4.69, 9.17) is 10.2 Å². The third-order valence-electron chi connectivity index (χ3n) is 4.08. The molecule has 0 fully saturated rings. The summed E-state index contributed by atoms with van der Waals surface area (Å²) in [4.78, 5) is 24.2. The molecule has 1 heterocycles. The van der Waals surface area contributed by atoms with Crippen molar-refractivity contribution in [3.05, 3.63) is 71.0 Å². The third-order valence-corrected chi connectivity index (χ3v) is 4.08. The number of benzene rings is 2. The van der Waals surface area contributed by atoms with Crippen LogP contribution in [0.25, 0.3) is 11.0 Å². The summed E-state index contributed by atoms with van der Waals surface area (Å²) in [5, 5.41) is 0.826. The lowest BCUT2D eigenvalue weighted by Crippen LogP contribution is -2.11. The molecule has 0 aliphatic carbocycles. The Morgan fingerprint density at radius 3 is 2.33 bits per heavy atom. The van der Waals surface area contributed by atoms with Crippen LogP contribution in [0.15, 0.2) is 52.9 Å². The average molecular weight is 321 g/mol. The Hall–Kier alpha value is -2.88. The molecule has 0 bridgehead atoms. The molecule has 3 rings (SSSR count). The highest BCUT2D eigenvalue weighted by atomic mass is 16.3. The third kappa shape index (κ3) is 2.95. The molecule has 2 N–H and O–H groups in total. The van der Waals surface area contributed by atoms with Crippen LogP contribution in [0, 0.1) is 0 Å². The fraction of sp³-hybridized carbons (Fsp3) is 0.200. The summed E-state index contributed by atoms with van der Waals surface area (Å²) >= 11 is 0. The summed E-state index contributed by atoms with van der Waals surface area (Å²) in [6.45, 7) is 2.10. The van der Waals surface area contributed by atoms with Crippen molar-refractivity contribution >= 4 is 22.7 Å². The van der Waals surface area contributed by atoms with Gasteiger partial charge in [0.05, 0.1) is 5.56 Å². The lowest BCUT2D eigenvalue weighted by atomic mass is 9.97. The van der Waals surface area contributed by atoms with Crippen molar-refractivity contribution in [2.45, 2.75) is 26.2 Å². The number of amides is 1. The van der Waals surface area contributed by atoms with Crippen LogP contribution in [0.3, 0.4) is 0 Å². The summed E-state index contributed by atoms with van der Waals surface area (Å²) < 4.78 is 5.91. The Balaban J connectivity index is 2.06. The number of ketones is 1. The van der Waals surface area contributed by atoms with Crippen LogP contribution in [-0.4, -0.2) is 11.7 Å². The van der Waals surface area contributed by atoms with Gasteiger partial charge in [-0.05, 0) is 24.6 Å². The predicted molar refractivity (Wildman–Crippen MR) is 93.2 cm³/mol. The zero-order valence-electron chi connectivity index (χ0n) is 13.5. The van der Waals surface area contributed by atoms with E-state index >= 15 is 0 Å². The molecule has 2 aromatic carbocycles. The van der Waals surface area contributed by atoms with E-state index in [-0.39, 0.29) is 5.78 Å². The summed E-state index contributed by atoms with van der Waals surface area (Å²) in [7, 11) is 0. The Bertz CT molecular complexity index is 891. The Morgan fingerprint density at radius 2 is 1.67 bits per heavy atom. The molecule has 0 aliphatic rings.